The highest BCUT2D eigenvalue weighted by Crippen LogP contribution is 2.27. The summed E-state index contributed by atoms with van der Waals surface area (Å²) in [6, 6.07) is 5.49. The molecule has 1 aromatic carbocycles. The van der Waals surface area contributed by atoms with E-state index in [1.165, 1.54) is 6.33 Å². The summed E-state index contributed by atoms with van der Waals surface area (Å²) in [5.74, 6) is 0.663. The Kier molecular flexibility index (Phi) is 3.79. The van der Waals surface area contributed by atoms with Gasteiger partial charge in [-0.1, -0.05) is 27.5 Å². The van der Waals surface area contributed by atoms with E-state index in [2.05, 4.69) is 26.0 Å². The molecule has 0 aliphatic heterocycles. The van der Waals surface area contributed by atoms with Gasteiger partial charge in [0.25, 0.3) is 0 Å². The molecule has 16 heavy (non-hydrogen) atoms. The Labute approximate surface area is 106 Å². The summed E-state index contributed by atoms with van der Waals surface area (Å²) < 4.78 is 8.18. The van der Waals surface area contributed by atoms with E-state index in [-0.39, 0.29) is 0 Å². The number of nitrogens with zero attached hydrogens (tertiary/aromatic N) is 3. The van der Waals surface area contributed by atoms with E-state index in [4.69, 9.17) is 16.3 Å². The summed E-state index contributed by atoms with van der Waals surface area (Å²) in [6.07, 6.45) is 3.14. The molecule has 0 N–H and O–H groups in total. The van der Waals surface area contributed by atoms with Crippen molar-refractivity contribution in [3.05, 3.63) is 40.3 Å². The number of rotatable bonds is 4. The first kappa shape index (κ1) is 11.4. The number of ether oxygens (including phenoxy) is 1. The molecule has 0 saturated heterocycles. The molecule has 4 nitrogen and oxygen atoms in total. The molecule has 0 radical (unpaired) electrons. The third-order valence-corrected chi connectivity index (χ3v) is 2.74. The fraction of sp³-hybridized carbons (Fsp3) is 0.200. The highest BCUT2D eigenvalue weighted by atomic mass is 79.9. The van der Waals surface area contributed by atoms with Crippen LogP contribution < -0.4 is 4.74 Å². The van der Waals surface area contributed by atoms with Crippen LogP contribution in [-0.4, -0.2) is 21.4 Å². The summed E-state index contributed by atoms with van der Waals surface area (Å²) in [7, 11) is 0. The number of hydrogen-bond donors (Lipinski definition) is 0. The van der Waals surface area contributed by atoms with Gasteiger partial charge in [-0.05, 0) is 18.2 Å². The zero-order chi connectivity index (χ0) is 11.4. The van der Waals surface area contributed by atoms with Gasteiger partial charge in [0.2, 0.25) is 0 Å². The molecule has 1 aromatic heterocycles. The van der Waals surface area contributed by atoms with Crippen LogP contribution in [0.5, 0.6) is 5.75 Å². The number of aromatic nitrogens is 3. The summed E-state index contributed by atoms with van der Waals surface area (Å²) in [4.78, 5) is 3.84. The van der Waals surface area contributed by atoms with E-state index >= 15 is 0 Å². The summed E-state index contributed by atoms with van der Waals surface area (Å²) in [5.41, 5.74) is 0. The first-order chi connectivity index (χ1) is 7.75. The van der Waals surface area contributed by atoms with Crippen LogP contribution in [0.4, 0.5) is 0 Å². The zero-order valence-corrected chi connectivity index (χ0v) is 10.6. The Balaban J connectivity index is 1.92. The van der Waals surface area contributed by atoms with Crippen LogP contribution in [0.3, 0.4) is 0 Å². The Morgan fingerprint density at radius 3 is 3.06 bits per heavy atom. The second-order valence-corrected chi connectivity index (χ2v) is 4.40. The molecule has 0 spiro atoms. The van der Waals surface area contributed by atoms with Crippen molar-refractivity contribution in [3.8, 4) is 5.75 Å². The van der Waals surface area contributed by atoms with Gasteiger partial charge in [-0.2, -0.15) is 5.10 Å². The molecule has 2 rings (SSSR count). The average molecular weight is 303 g/mol. The van der Waals surface area contributed by atoms with E-state index in [1.54, 1.807) is 17.1 Å². The van der Waals surface area contributed by atoms with Crippen molar-refractivity contribution in [1.29, 1.82) is 0 Å². The molecule has 1 heterocycles. The SMILES string of the molecule is Clc1ccc(Br)cc1OCCn1cncn1. The van der Waals surface area contributed by atoms with Crippen LogP contribution in [0, 0.1) is 0 Å². The molecular weight excluding hydrogens is 293 g/mol. The van der Waals surface area contributed by atoms with Crippen molar-refractivity contribution in [2.24, 2.45) is 0 Å². The van der Waals surface area contributed by atoms with Crippen molar-refractivity contribution < 1.29 is 4.74 Å². The van der Waals surface area contributed by atoms with E-state index < -0.39 is 0 Å². The van der Waals surface area contributed by atoms with Gasteiger partial charge in [0.05, 0.1) is 11.6 Å². The Bertz CT molecular complexity index is 461. The van der Waals surface area contributed by atoms with Crippen LogP contribution in [-0.2, 0) is 6.54 Å². The van der Waals surface area contributed by atoms with Crippen molar-refractivity contribution in [3.63, 3.8) is 0 Å². The molecular formula is C10H9BrClN3O. The molecule has 0 unspecified atom stereocenters. The molecule has 0 saturated carbocycles. The van der Waals surface area contributed by atoms with E-state index in [9.17, 15) is 0 Å². The van der Waals surface area contributed by atoms with Gasteiger partial charge in [0.15, 0.2) is 0 Å². The predicted octanol–water partition coefficient (Wildman–Crippen LogP) is 2.77. The van der Waals surface area contributed by atoms with Gasteiger partial charge in [-0.25, -0.2) is 9.67 Å². The fourth-order valence-corrected chi connectivity index (χ4v) is 1.70. The maximum Gasteiger partial charge on any atom is 0.139 e. The van der Waals surface area contributed by atoms with Crippen molar-refractivity contribution >= 4 is 27.5 Å². The summed E-state index contributed by atoms with van der Waals surface area (Å²) in [5, 5.41) is 4.57. The molecule has 0 bridgehead atoms. The molecule has 84 valence electrons. The lowest BCUT2D eigenvalue weighted by Gasteiger charge is -2.08. The van der Waals surface area contributed by atoms with Crippen molar-refractivity contribution in [2.45, 2.75) is 6.54 Å². The first-order valence-electron chi connectivity index (χ1n) is 4.66. The minimum absolute atomic E-state index is 0.500. The standard InChI is InChI=1S/C10H9BrClN3O/c11-8-1-2-9(12)10(5-8)16-4-3-15-7-13-6-14-15/h1-2,5-7H,3-4H2. The Morgan fingerprint density at radius 1 is 1.44 bits per heavy atom. The number of halogens is 2. The lowest BCUT2D eigenvalue weighted by molar-refractivity contribution is 0.291. The van der Waals surface area contributed by atoms with Crippen LogP contribution >= 0.6 is 27.5 Å². The zero-order valence-electron chi connectivity index (χ0n) is 8.31. The number of benzene rings is 1. The monoisotopic (exact) mass is 301 g/mol. The molecule has 0 aliphatic rings. The van der Waals surface area contributed by atoms with Crippen LogP contribution in [0.1, 0.15) is 0 Å². The summed E-state index contributed by atoms with van der Waals surface area (Å²) in [6.45, 7) is 1.14. The lowest BCUT2D eigenvalue weighted by Crippen LogP contribution is -2.08. The normalized spacial score (nSPS) is 10.4. The minimum Gasteiger partial charge on any atom is -0.490 e. The molecule has 0 atom stereocenters. The van der Waals surface area contributed by atoms with Gasteiger partial charge < -0.3 is 4.74 Å². The van der Waals surface area contributed by atoms with Gasteiger partial charge in [0, 0.05) is 4.47 Å². The lowest BCUT2D eigenvalue weighted by atomic mass is 10.3. The molecule has 0 fully saturated rings. The highest BCUT2D eigenvalue weighted by molar-refractivity contribution is 9.10. The molecule has 0 amide bonds. The quantitative estimate of drug-likeness (QED) is 0.872. The van der Waals surface area contributed by atoms with E-state index in [0.717, 1.165) is 4.47 Å². The second-order valence-electron chi connectivity index (χ2n) is 3.08. The van der Waals surface area contributed by atoms with E-state index in [1.807, 2.05) is 12.1 Å². The third kappa shape index (κ3) is 2.96. The Hall–Kier alpha value is -1.07. The van der Waals surface area contributed by atoms with Crippen molar-refractivity contribution in [1.82, 2.24) is 14.8 Å². The van der Waals surface area contributed by atoms with E-state index in [0.29, 0.717) is 23.9 Å². The highest BCUT2D eigenvalue weighted by Gasteiger charge is 2.02. The number of hydrogen-bond acceptors (Lipinski definition) is 3. The van der Waals surface area contributed by atoms with Gasteiger partial charge >= 0.3 is 0 Å². The minimum atomic E-state index is 0.500. The first-order valence-corrected chi connectivity index (χ1v) is 5.83. The predicted molar refractivity (Wildman–Crippen MR) is 64.7 cm³/mol. The van der Waals surface area contributed by atoms with Crippen LogP contribution in [0.25, 0.3) is 0 Å². The van der Waals surface area contributed by atoms with Gasteiger partial charge in [0.1, 0.15) is 25.0 Å². The third-order valence-electron chi connectivity index (χ3n) is 1.94. The summed E-state index contributed by atoms with van der Waals surface area (Å²) >= 11 is 9.34. The van der Waals surface area contributed by atoms with Gasteiger partial charge in [-0.3, -0.25) is 0 Å². The largest absolute Gasteiger partial charge is 0.490 e. The maximum absolute atomic E-state index is 5.98. The Morgan fingerprint density at radius 2 is 2.31 bits per heavy atom. The molecule has 0 aliphatic carbocycles. The second kappa shape index (κ2) is 5.32. The van der Waals surface area contributed by atoms with Crippen LogP contribution in [0.2, 0.25) is 5.02 Å². The maximum atomic E-state index is 5.98. The smallest absolute Gasteiger partial charge is 0.139 e. The van der Waals surface area contributed by atoms with Crippen LogP contribution in [0.15, 0.2) is 35.3 Å². The average Bonchev–Trinajstić information content (AvgIpc) is 2.76. The van der Waals surface area contributed by atoms with Gasteiger partial charge in [-0.15, -0.1) is 0 Å². The van der Waals surface area contributed by atoms with Crippen molar-refractivity contribution in [2.75, 3.05) is 6.61 Å². The molecule has 2 aromatic rings. The fourth-order valence-electron chi connectivity index (χ4n) is 1.19. The topological polar surface area (TPSA) is 39.9 Å². The molecule has 6 heteroatoms.